The van der Waals surface area contributed by atoms with Crippen molar-refractivity contribution in [1.29, 1.82) is 0 Å². The van der Waals surface area contributed by atoms with Crippen LogP contribution in [-0.4, -0.2) is 91.3 Å². The number of hydrogen-bond donors (Lipinski definition) is 4. The van der Waals surface area contributed by atoms with Gasteiger partial charge in [-0.3, -0.25) is 18.4 Å². The van der Waals surface area contributed by atoms with Crippen molar-refractivity contribution in [3.63, 3.8) is 0 Å². The largest absolute Gasteiger partial charge is 0.367 e. The Morgan fingerprint density at radius 3 is 1.48 bits per heavy atom. The van der Waals surface area contributed by atoms with E-state index in [4.69, 9.17) is 19.9 Å². The molecular weight excluding hydrogens is 835 g/mol. The molecule has 2 amide bonds. The van der Waals surface area contributed by atoms with Crippen LogP contribution in [0.2, 0.25) is 0 Å². The number of amides is 2. The molecule has 2 fully saturated rings. The standard InChI is InChI=1S/C29H27N5O.C25H28N6O/c35-29(32-23-16-17-23)22-14-12-21(13-15-22)26-19-31-28-27(30-18-6-9-20-7-2-1-3-8-20)33-24-10-4-5-11-25(24)34(26)28;1-30(2)15-5-14-26-23-24-27-16-22(31(24)21-7-4-3-6-20(21)29-23)17-8-10-18(11-9-17)25(32)28-19-12-13-19/h1-5,7-8,10-15,19,23H,6,9,16-18H2,(H,30,33)(H,32,35);3-4,6-11,16,19H,5,12-15H2,1-2H3,(H,26,29)(H,28,32). The number of para-hydroxylation sites is 4. The second-order valence-corrected chi connectivity index (χ2v) is 17.8. The Morgan fingerprint density at radius 1 is 0.567 bits per heavy atom. The molecule has 11 rings (SSSR count). The molecule has 338 valence electrons. The van der Waals surface area contributed by atoms with Crippen molar-refractivity contribution in [2.75, 3.05) is 44.4 Å². The maximum atomic E-state index is 12.4. The van der Waals surface area contributed by atoms with E-state index >= 15 is 0 Å². The lowest BCUT2D eigenvalue weighted by Crippen LogP contribution is -2.25. The lowest BCUT2D eigenvalue weighted by atomic mass is 10.1. The van der Waals surface area contributed by atoms with E-state index in [1.807, 2.05) is 103 Å². The Kier molecular flexibility index (Phi) is 12.6. The number of nitrogens with zero attached hydrogens (tertiary/aromatic N) is 7. The number of anilines is 2. The molecule has 4 N–H and O–H groups in total. The summed E-state index contributed by atoms with van der Waals surface area (Å²) in [5, 5.41) is 13.1. The summed E-state index contributed by atoms with van der Waals surface area (Å²) in [4.78, 5) is 46.1. The predicted octanol–water partition coefficient (Wildman–Crippen LogP) is 9.29. The van der Waals surface area contributed by atoms with E-state index in [9.17, 15) is 9.59 Å². The summed E-state index contributed by atoms with van der Waals surface area (Å²) in [6.07, 6.45) is 11.1. The van der Waals surface area contributed by atoms with Crippen molar-refractivity contribution in [3.8, 4) is 22.5 Å². The van der Waals surface area contributed by atoms with Gasteiger partial charge in [0.25, 0.3) is 11.8 Å². The summed E-state index contributed by atoms with van der Waals surface area (Å²) in [6.45, 7) is 2.65. The number of aryl methyl sites for hydroxylation is 1. The van der Waals surface area contributed by atoms with E-state index in [2.05, 4.69) is 85.5 Å². The number of benzene rings is 5. The second kappa shape index (κ2) is 19.4. The SMILES string of the molecule is CN(C)CCCNc1nc2ccccc2n2c(-c3ccc(C(=O)NC4CC4)cc3)cnc12.O=C(NC1CC1)c1ccc(-c2cnc3c(NCCCc4ccccc4)nc4ccccc4n23)cc1. The average molecular weight is 890 g/mol. The number of aromatic nitrogens is 6. The first kappa shape index (κ1) is 43.3. The lowest BCUT2D eigenvalue weighted by molar-refractivity contribution is 0.0942. The molecule has 13 heteroatoms. The van der Waals surface area contributed by atoms with Crippen molar-refractivity contribution in [3.05, 3.63) is 156 Å². The minimum Gasteiger partial charge on any atom is -0.367 e. The molecule has 0 aliphatic heterocycles. The van der Waals surface area contributed by atoms with Crippen molar-refractivity contribution in [1.82, 2.24) is 44.3 Å². The van der Waals surface area contributed by atoms with Crippen LogP contribution in [0.4, 0.5) is 11.6 Å². The number of carbonyl (C=O) groups is 2. The number of carbonyl (C=O) groups excluding carboxylic acids is 2. The van der Waals surface area contributed by atoms with Gasteiger partial charge in [-0.05, 0) is 120 Å². The van der Waals surface area contributed by atoms with Gasteiger partial charge in [0.1, 0.15) is 0 Å². The molecule has 67 heavy (non-hydrogen) atoms. The monoisotopic (exact) mass is 889 g/mol. The average Bonchev–Trinajstić information content (AvgIpc) is 4.27. The summed E-state index contributed by atoms with van der Waals surface area (Å²) < 4.78 is 4.30. The van der Waals surface area contributed by atoms with Crippen LogP contribution in [0.1, 0.15) is 64.8 Å². The number of rotatable bonds is 16. The van der Waals surface area contributed by atoms with Gasteiger partial charge >= 0.3 is 0 Å². The highest BCUT2D eigenvalue weighted by molar-refractivity contribution is 5.96. The van der Waals surface area contributed by atoms with Gasteiger partial charge in [-0.15, -0.1) is 0 Å². The fraction of sp³-hybridized carbons (Fsp3) is 0.259. The summed E-state index contributed by atoms with van der Waals surface area (Å²) in [5.74, 6) is 1.56. The molecule has 9 aromatic rings. The third-order valence-corrected chi connectivity index (χ3v) is 12.2. The van der Waals surface area contributed by atoms with Gasteiger partial charge in [-0.25, -0.2) is 19.9 Å². The maximum Gasteiger partial charge on any atom is 0.251 e. The van der Waals surface area contributed by atoms with Crippen molar-refractivity contribution >= 4 is 56.8 Å². The molecule has 0 spiro atoms. The minimum atomic E-state index is -0.00571. The Labute approximate surface area is 389 Å². The molecule has 0 unspecified atom stereocenters. The van der Waals surface area contributed by atoms with Crippen LogP contribution in [0.5, 0.6) is 0 Å². The van der Waals surface area contributed by atoms with Gasteiger partial charge in [0.15, 0.2) is 22.9 Å². The summed E-state index contributed by atoms with van der Waals surface area (Å²) in [6, 6.07) is 43.0. The normalized spacial score (nSPS) is 13.5. The topological polar surface area (TPSA) is 146 Å². The highest BCUT2D eigenvalue weighted by Gasteiger charge is 2.25. The van der Waals surface area contributed by atoms with Crippen LogP contribution in [0.15, 0.2) is 140 Å². The van der Waals surface area contributed by atoms with E-state index in [1.165, 1.54) is 5.56 Å². The summed E-state index contributed by atoms with van der Waals surface area (Å²) >= 11 is 0. The first-order valence-corrected chi connectivity index (χ1v) is 23.4. The minimum absolute atomic E-state index is 0.00366. The van der Waals surface area contributed by atoms with Crippen molar-refractivity contribution in [2.45, 2.75) is 57.0 Å². The molecular formula is C54H55N11O2. The lowest BCUT2D eigenvalue weighted by Gasteiger charge is -2.13. The van der Waals surface area contributed by atoms with Gasteiger partial charge in [-0.2, -0.15) is 0 Å². The van der Waals surface area contributed by atoms with Crippen LogP contribution in [0, 0.1) is 0 Å². The molecule has 0 saturated heterocycles. The van der Waals surface area contributed by atoms with E-state index in [-0.39, 0.29) is 11.8 Å². The Morgan fingerprint density at radius 2 is 1.01 bits per heavy atom. The number of hydrogen-bond acceptors (Lipinski definition) is 9. The summed E-state index contributed by atoms with van der Waals surface area (Å²) in [5.41, 5.74) is 12.1. The smallest absolute Gasteiger partial charge is 0.251 e. The molecule has 2 aliphatic carbocycles. The quantitative estimate of drug-likeness (QED) is 0.0698. The third-order valence-electron chi connectivity index (χ3n) is 12.2. The second-order valence-electron chi connectivity index (χ2n) is 17.8. The zero-order valence-electron chi connectivity index (χ0n) is 38.0. The maximum absolute atomic E-state index is 12.4. The van der Waals surface area contributed by atoms with Gasteiger partial charge < -0.3 is 26.2 Å². The fourth-order valence-electron chi connectivity index (χ4n) is 8.33. The van der Waals surface area contributed by atoms with Crippen LogP contribution in [-0.2, 0) is 6.42 Å². The van der Waals surface area contributed by atoms with Crippen LogP contribution < -0.4 is 21.3 Å². The van der Waals surface area contributed by atoms with Crippen LogP contribution in [0.25, 0.3) is 55.9 Å². The molecule has 0 bridgehead atoms. The zero-order valence-corrected chi connectivity index (χ0v) is 38.0. The van der Waals surface area contributed by atoms with Gasteiger partial charge in [-0.1, -0.05) is 78.9 Å². The Hall–Kier alpha value is -7.64. The number of imidazole rings is 2. The molecule has 4 aromatic heterocycles. The number of nitrogens with one attached hydrogen (secondary N) is 4. The predicted molar refractivity (Wildman–Crippen MR) is 268 cm³/mol. The van der Waals surface area contributed by atoms with Crippen LogP contribution in [0.3, 0.4) is 0 Å². The fourth-order valence-corrected chi connectivity index (χ4v) is 8.33. The molecule has 5 aromatic carbocycles. The van der Waals surface area contributed by atoms with E-state index < -0.39 is 0 Å². The first-order chi connectivity index (χ1) is 32.9. The molecule has 0 atom stereocenters. The van der Waals surface area contributed by atoms with E-state index in [1.54, 1.807) is 0 Å². The van der Waals surface area contributed by atoms with Crippen molar-refractivity contribution < 1.29 is 9.59 Å². The zero-order chi connectivity index (χ0) is 45.7. The van der Waals surface area contributed by atoms with Gasteiger partial charge in [0.05, 0.1) is 45.8 Å². The Balaban J connectivity index is 0.000000157. The van der Waals surface area contributed by atoms with Gasteiger partial charge in [0.2, 0.25) is 0 Å². The molecule has 13 nitrogen and oxygen atoms in total. The van der Waals surface area contributed by atoms with Crippen molar-refractivity contribution in [2.24, 2.45) is 0 Å². The van der Waals surface area contributed by atoms with E-state index in [0.717, 1.165) is 132 Å². The highest BCUT2D eigenvalue weighted by atomic mass is 16.2. The van der Waals surface area contributed by atoms with Gasteiger partial charge in [0, 0.05) is 47.4 Å². The summed E-state index contributed by atoms with van der Waals surface area (Å²) in [7, 11) is 4.16. The Bertz CT molecular complexity index is 3170. The highest BCUT2D eigenvalue weighted by Crippen LogP contribution is 2.31. The molecule has 2 aliphatic rings. The molecule has 0 radical (unpaired) electrons. The first-order valence-electron chi connectivity index (χ1n) is 23.4. The molecule has 2 saturated carbocycles. The molecule has 4 heterocycles. The number of fused-ring (bicyclic) bond motifs is 6. The van der Waals surface area contributed by atoms with Crippen LogP contribution >= 0.6 is 0 Å². The third kappa shape index (κ3) is 9.97. The van der Waals surface area contributed by atoms with E-state index in [0.29, 0.717) is 23.2 Å².